The summed E-state index contributed by atoms with van der Waals surface area (Å²) in [6.45, 7) is 0.540. The van der Waals surface area contributed by atoms with E-state index in [1.807, 2.05) is 66.9 Å². The normalized spacial score (nSPS) is 11.9. The molecule has 6 nitrogen and oxygen atoms in total. The van der Waals surface area contributed by atoms with Gasteiger partial charge in [0.05, 0.1) is 4.92 Å². The van der Waals surface area contributed by atoms with Gasteiger partial charge in [0, 0.05) is 48.1 Å². The van der Waals surface area contributed by atoms with Gasteiger partial charge in [-0.1, -0.05) is 60.7 Å². The van der Waals surface area contributed by atoms with Crippen molar-refractivity contribution in [3.05, 3.63) is 112 Å². The smallest absolute Gasteiger partial charge is 0.269 e. The number of fused-ring (bicyclic) bond motifs is 1. The average molecular weight is 413 g/mol. The number of hydrogen-bond donors (Lipinski definition) is 2. The second-order valence-corrected chi connectivity index (χ2v) is 7.48. The number of para-hydroxylation sites is 1. The van der Waals surface area contributed by atoms with Crippen molar-refractivity contribution in [2.45, 2.75) is 18.8 Å². The largest absolute Gasteiger partial charge is 0.361 e. The minimum atomic E-state index is -0.407. The van der Waals surface area contributed by atoms with Crippen LogP contribution in [0.5, 0.6) is 0 Å². The molecule has 0 saturated heterocycles. The maximum absolute atomic E-state index is 12.8. The molecule has 0 fully saturated rings. The summed E-state index contributed by atoms with van der Waals surface area (Å²) in [6.07, 6.45) is 2.85. The van der Waals surface area contributed by atoms with Crippen molar-refractivity contribution >= 4 is 22.5 Å². The maximum Gasteiger partial charge on any atom is 0.269 e. The first kappa shape index (κ1) is 20.3. The summed E-state index contributed by atoms with van der Waals surface area (Å²) >= 11 is 0. The molecule has 0 aliphatic rings. The molecule has 156 valence electrons. The number of amides is 1. The molecule has 31 heavy (non-hydrogen) atoms. The SMILES string of the molecule is O=C(CC(c1cccc([N+](=O)[O-])c1)c1c[nH]c2ccccc12)NCCc1ccccc1. The third-order valence-electron chi connectivity index (χ3n) is 5.45. The minimum Gasteiger partial charge on any atom is -0.361 e. The Morgan fingerprint density at radius 1 is 1.00 bits per heavy atom. The Bertz CT molecular complexity index is 1200. The molecular formula is C25H23N3O3. The Balaban J connectivity index is 1.57. The lowest BCUT2D eigenvalue weighted by atomic mass is 9.87. The van der Waals surface area contributed by atoms with Crippen molar-refractivity contribution in [3.63, 3.8) is 0 Å². The van der Waals surface area contributed by atoms with Crippen molar-refractivity contribution in [1.82, 2.24) is 10.3 Å². The highest BCUT2D eigenvalue weighted by atomic mass is 16.6. The molecule has 0 radical (unpaired) electrons. The number of carbonyl (C=O) groups excluding carboxylic acids is 1. The lowest BCUT2D eigenvalue weighted by Gasteiger charge is -2.17. The summed E-state index contributed by atoms with van der Waals surface area (Å²) in [6, 6.07) is 24.4. The zero-order valence-electron chi connectivity index (χ0n) is 17.0. The standard InChI is InChI=1S/C25H23N3O3/c29-25(26-14-13-18-7-2-1-3-8-18)16-22(19-9-6-10-20(15-19)28(30)31)23-17-27-24-12-5-4-11-21(23)24/h1-12,15,17,22,27H,13-14,16H2,(H,26,29). The molecule has 0 spiro atoms. The summed E-state index contributed by atoms with van der Waals surface area (Å²) in [5.41, 5.74) is 3.85. The van der Waals surface area contributed by atoms with Crippen LogP contribution in [-0.4, -0.2) is 22.4 Å². The molecule has 1 amide bonds. The molecule has 0 aliphatic carbocycles. The average Bonchev–Trinajstić information content (AvgIpc) is 3.22. The van der Waals surface area contributed by atoms with Gasteiger partial charge in [0.15, 0.2) is 0 Å². The van der Waals surface area contributed by atoms with E-state index in [-0.39, 0.29) is 23.9 Å². The van der Waals surface area contributed by atoms with Crippen LogP contribution >= 0.6 is 0 Å². The van der Waals surface area contributed by atoms with Crippen molar-refractivity contribution in [2.24, 2.45) is 0 Å². The Morgan fingerprint density at radius 2 is 1.77 bits per heavy atom. The molecule has 3 aromatic carbocycles. The second kappa shape index (κ2) is 9.26. The number of aromatic amines is 1. The number of benzene rings is 3. The van der Waals surface area contributed by atoms with Gasteiger partial charge >= 0.3 is 0 Å². The predicted molar refractivity (Wildman–Crippen MR) is 121 cm³/mol. The number of H-pyrrole nitrogens is 1. The molecule has 0 saturated carbocycles. The Hall–Kier alpha value is -3.93. The van der Waals surface area contributed by atoms with Crippen LogP contribution in [0.3, 0.4) is 0 Å². The van der Waals surface area contributed by atoms with Gasteiger partial charge in [-0.2, -0.15) is 0 Å². The summed E-state index contributed by atoms with van der Waals surface area (Å²) in [7, 11) is 0. The van der Waals surface area contributed by atoms with E-state index < -0.39 is 4.92 Å². The van der Waals surface area contributed by atoms with Crippen molar-refractivity contribution < 1.29 is 9.72 Å². The zero-order chi connectivity index (χ0) is 21.6. The van der Waals surface area contributed by atoms with Crippen LogP contribution in [0.25, 0.3) is 10.9 Å². The Labute approximate surface area is 180 Å². The van der Waals surface area contributed by atoms with Gasteiger partial charge in [-0.15, -0.1) is 0 Å². The number of nitrogens with one attached hydrogen (secondary N) is 2. The van der Waals surface area contributed by atoms with E-state index >= 15 is 0 Å². The topological polar surface area (TPSA) is 88.0 Å². The molecule has 0 aliphatic heterocycles. The van der Waals surface area contributed by atoms with Gasteiger partial charge in [0.1, 0.15) is 0 Å². The third-order valence-corrected chi connectivity index (χ3v) is 5.45. The van der Waals surface area contributed by atoms with Gasteiger partial charge in [-0.05, 0) is 29.2 Å². The van der Waals surface area contributed by atoms with Gasteiger partial charge in [-0.25, -0.2) is 0 Å². The summed E-state index contributed by atoms with van der Waals surface area (Å²) in [4.78, 5) is 26.9. The van der Waals surface area contributed by atoms with Gasteiger partial charge in [0.2, 0.25) is 5.91 Å². The van der Waals surface area contributed by atoms with Crippen LogP contribution in [0.15, 0.2) is 85.1 Å². The fourth-order valence-corrected chi connectivity index (χ4v) is 3.89. The second-order valence-electron chi connectivity index (χ2n) is 7.48. The molecule has 6 heteroatoms. The molecule has 1 heterocycles. The van der Waals surface area contributed by atoms with E-state index in [0.717, 1.165) is 34.0 Å². The van der Waals surface area contributed by atoms with E-state index in [1.54, 1.807) is 12.1 Å². The van der Waals surface area contributed by atoms with Gasteiger partial charge in [-0.3, -0.25) is 14.9 Å². The number of aromatic nitrogens is 1. The van der Waals surface area contributed by atoms with Crippen LogP contribution in [0.1, 0.15) is 29.0 Å². The highest BCUT2D eigenvalue weighted by Crippen LogP contribution is 2.34. The molecule has 2 N–H and O–H groups in total. The number of nitrogens with zero attached hydrogens (tertiary/aromatic N) is 1. The van der Waals surface area contributed by atoms with Crippen LogP contribution in [0.4, 0.5) is 5.69 Å². The number of hydrogen-bond acceptors (Lipinski definition) is 3. The number of carbonyl (C=O) groups is 1. The van der Waals surface area contributed by atoms with E-state index in [4.69, 9.17) is 0 Å². The Morgan fingerprint density at radius 3 is 2.58 bits per heavy atom. The van der Waals surface area contributed by atoms with Gasteiger partial charge in [0.25, 0.3) is 5.69 Å². The van der Waals surface area contributed by atoms with Crippen molar-refractivity contribution in [3.8, 4) is 0 Å². The number of rotatable bonds is 8. The molecule has 1 unspecified atom stereocenters. The fraction of sp³-hybridized carbons (Fsp3) is 0.160. The number of nitro groups is 1. The Kier molecular flexibility index (Phi) is 6.08. The van der Waals surface area contributed by atoms with E-state index in [2.05, 4.69) is 10.3 Å². The molecule has 1 aromatic heterocycles. The first-order valence-corrected chi connectivity index (χ1v) is 10.2. The zero-order valence-corrected chi connectivity index (χ0v) is 17.0. The lowest BCUT2D eigenvalue weighted by molar-refractivity contribution is -0.384. The number of non-ortho nitro benzene ring substituents is 1. The van der Waals surface area contributed by atoms with Crippen LogP contribution in [0, 0.1) is 10.1 Å². The predicted octanol–water partition coefficient (Wildman–Crippen LogP) is 4.96. The highest BCUT2D eigenvalue weighted by molar-refractivity contribution is 5.86. The summed E-state index contributed by atoms with van der Waals surface area (Å²) < 4.78 is 0. The van der Waals surface area contributed by atoms with E-state index in [0.29, 0.717) is 6.54 Å². The summed E-state index contributed by atoms with van der Waals surface area (Å²) in [5.74, 6) is -0.384. The monoisotopic (exact) mass is 413 g/mol. The van der Waals surface area contributed by atoms with Crippen LogP contribution in [-0.2, 0) is 11.2 Å². The minimum absolute atomic E-state index is 0.0202. The highest BCUT2D eigenvalue weighted by Gasteiger charge is 2.23. The quantitative estimate of drug-likeness (QED) is 0.316. The van der Waals surface area contributed by atoms with Crippen molar-refractivity contribution in [2.75, 3.05) is 6.54 Å². The lowest BCUT2D eigenvalue weighted by Crippen LogP contribution is -2.27. The van der Waals surface area contributed by atoms with Crippen LogP contribution in [0.2, 0.25) is 0 Å². The number of nitro benzene ring substituents is 1. The van der Waals surface area contributed by atoms with Crippen molar-refractivity contribution in [1.29, 1.82) is 0 Å². The first-order chi connectivity index (χ1) is 15.1. The molecule has 0 bridgehead atoms. The molecule has 1 atom stereocenters. The van der Waals surface area contributed by atoms with Crippen LogP contribution < -0.4 is 5.32 Å². The van der Waals surface area contributed by atoms with E-state index in [1.165, 1.54) is 6.07 Å². The molecule has 4 rings (SSSR count). The van der Waals surface area contributed by atoms with E-state index in [9.17, 15) is 14.9 Å². The maximum atomic E-state index is 12.8. The molecule has 4 aromatic rings. The third kappa shape index (κ3) is 4.80. The molecular weight excluding hydrogens is 390 g/mol. The van der Waals surface area contributed by atoms with Gasteiger partial charge < -0.3 is 10.3 Å². The fourth-order valence-electron chi connectivity index (χ4n) is 3.89. The summed E-state index contributed by atoms with van der Waals surface area (Å²) in [5, 5.41) is 15.3. The first-order valence-electron chi connectivity index (χ1n) is 10.2.